The van der Waals surface area contributed by atoms with Gasteiger partial charge in [0.2, 0.25) is 0 Å². The number of hydrogen-bond donors (Lipinski definition) is 0. The molecule has 104 valence electrons. The number of halogens is 5. The van der Waals surface area contributed by atoms with Gasteiger partial charge in [-0.3, -0.25) is 9.05 Å². The molecule has 0 aliphatic rings. The van der Waals surface area contributed by atoms with Crippen molar-refractivity contribution in [1.29, 1.82) is 0 Å². The van der Waals surface area contributed by atoms with E-state index in [1.165, 1.54) is 0 Å². The average molecular weight is 286 g/mol. The van der Waals surface area contributed by atoms with E-state index in [0.717, 1.165) is 7.11 Å². The molecule has 4 nitrogen and oxygen atoms in total. The first-order valence-corrected chi connectivity index (χ1v) is 5.94. The Balaban J connectivity index is 4.62. The lowest BCUT2D eigenvalue weighted by molar-refractivity contribution is -0.226. The zero-order valence-corrected chi connectivity index (χ0v) is 9.93. The monoisotopic (exact) mass is 286 g/mol. The SMILES string of the molecule is CCCOP(=O)(OC)OC(F)C(F)(F)C(F)F. The van der Waals surface area contributed by atoms with Gasteiger partial charge in [0, 0.05) is 7.11 Å². The van der Waals surface area contributed by atoms with Gasteiger partial charge >= 0.3 is 20.2 Å². The van der Waals surface area contributed by atoms with Gasteiger partial charge in [-0.05, 0) is 6.42 Å². The molecule has 0 radical (unpaired) electrons. The standard InChI is InChI=1S/C7H12F5O4P/c1-3-4-15-17(13,14-2)16-6(10)7(11,12)5(8)9/h5-6H,3-4H2,1-2H3. The van der Waals surface area contributed by atoms with Gasteiger partial charge in [-0.15, -0.1) is 0 Å². The maximum absolute atomic E-state index is 12.8. The summed E-state index contributed by atoms with van der Waals surface area (Å²) >= 11 is 0. The molecule has 0 aromatic heterocycles. The maximum Gasteiger partial charge on any atom is 0.477 e. The normalized spacial score (nSPS) is 18.1. The predicted octanol–water partition coefficient (Wildman–Crippen LogP) is 3.38. The van der Waals surface area contributed by atoms with E-state index in [0.29, 0.717) is 6.42 Å². The molecule has 0 rings (SSSR count). The van der Waals surface area contributed by atoms with Gasteiger partial charge < -0.3 is 0 Å². The molecular formula is C7H12F5O4P. The Kier molecular flexibility index (Phi) is 6.53. The predicted molar refractivity (Wildman–Crippen MR) is 47.8 cm³/mol. The highest BCUT2D eigenvalue weighted by molar-refractivity contribution is 7.48. The van der Waals surface area contributed by atoms with Gasteiger partial charge in [-0.2, -0.15) is 8.78 Å². The van der Waals surface area contributed by atoms with Crippen LogP contribution in [0.3, 0.4) is 0 Å². The minimum atomic E-state index is -5.09. The van der Waals surface area contributed by atoms with Crippen LogP contribution in [0.1, 0.15) is 13.3 Å². The number of alkyl halides is 5. The van der Waals surface area contributed by atoms with Crippen molar-refractivity contribution in [2.24, 2.45) is 0 Å². The van der Waals surface area contributed by atoms with Gasteiger partial charge in [0.05, 0.1) is 6.61 Å². The van der Waals surface area contributed by atoms with Crippen molar-refractivity contribution in [2.75, 3.05) is 13.7 Å². The fourth-order valence-corrected chi connectivity index (χ4v) is 1.64. The molecule has 17 heavy (non-hydrogen) atoms. The molecule has 0 aromatic carbocycles. The highest BCUT2D eigenvalue weighted by Gasteiger charge is 2.53. The number of rotatable bonds is 8. The van der Waals surface area contributed by atoms with Crippen molar-refractivity contribution < 1.29 is 40.1 Å². The first-order chi connectivity index (χ1) is 7.69. The van der Waals surface area contributed by atoms with E-state index in [2.05, 4.69) is 13.6 Å². The van der Waals surface area contributed by atoms with Crippen molar-refractivity contribution in [2.45, 2.75) is 32.1 Å². The number of hydrogen-bond acceptors (Lipinski definition) is 4. The lowest BCUT2D eigenvalue weighted by Gasteiger charge is -2.23. The van der Waals surface area contributed by atoms with Gasteiger partial charge in [-0.1, -0.05) is 6.92 Å². The third kappa shape index (κ3) is 4.87. The third-order valence-electron chi connectivity index (χ3n) is 1.49. The lowest BCUT2D eigenvalue weighted by atomic mass is 10.4. The summed E-state index contributed by atoms with van der Waals surface area (Å²) < 4.78 is 84.6. The topological polar surface area (TPSA) is 44.8 Å². The second-order valence-corrected chi connectivity index (χ2v) is 4.59. The van der Waals surface area contributed by atoms with Crippen molar-refractivity contribution >= 4 is 7.82 Å². The van der Waals surface area contributed by atoms with Crippen LogP contribution < -0.4 is 0 Å². The summed E-state index contributed by atoms with van der Waals surface area (Å²) in [5, 5.41) is 0. The molecule has 0 spiro atoms. The van der Waals surface area contributed by atoms with Crippen LogP contribution in [0.2, 0.25) is 0 Å². The molecule has 0 amide bonds. The van der Waals surface area contributed by atoms with Crippen LogP contribution >= 0.6 is 7.82 Å². The first-order valence-electron chi connectivity index (χ1n) is 4.48. The number of phosphoric acid groups is 1. The first kappa shape index (κ1) is 16.8. The molecule has 0 bridgehead atoms. The summed E-state index contributed by atoms with van der Waals surface area (Å²) in [6.07, 6.45) is -7.77. The average Bonchev–Trinajstić information content (AvgIpc) is 2.26. The zero-order chi connectivity index (χ0) is 13.7. The van der Waals surface area contributed by atoms with Crippen LogP contribution in [0.25, 0.3) is 0 Å². The van der Waals surface area contributed by atoms with E-state index < -0.39 is 26.5 Å². The van der Waals surface area contributed by atoms with Crippen LogP contribution in [0, 0.1) is 0 Å². The quantitative estimate of drug-likeness (QED) is 0.507. The van der Waals surface area contributed by atoms with Crippen LogP contribution in [0.5, 0.6) is 0 Å². The van der Waals surface area contributed by atoms with Crippen LogP contribution in [-0.4, -0.2) is 32.4 Å². The summed E-state index contributed by atoms with van der Waals surface area (Å²) in [6.45, 7) is 1.36. The van der Waals surface area contributed by atoms with Crippen LogP contribution in [0.15, 0.2) is 0 Å². The Bertz CT molecular complexity index is 275. The van der Waals surface area contributed by atoms with Crippen molar-refractivity contribution in [3.63, 3.8) is 0 Å². The Hall–Kier alpha value is -0.240. The fraction of sp³-hybridized carbons (Fsp3) is 1.00. The maximum atomic E-state index is 12.8. The molecule has 0 saturated heterocycles. The molecule has 0 fully saturated rings. The minimum absolute atomic E-state index is 0.224. The van der Waals surface area contributed by atoms with Gasteiger partial charge in [0.15, 0.2) is 0 Å². The Labute approximate surface area is 94.6 Å². The Morgan fingerprint density at radius 2 is 1.82 bits per heavy atom. The zero-order valence-electron chi connectivity index (χ0n) is 9.04. The second-order valence-electron chi connectivity index (χ2n) is 2.86. The molecule has 0 N–H and O–H groups in total. The van der Waals surface area contributed by atoms with E-state index in [9.17, 15) is 26.5 Å². The molecule has 0 saturated carbocycles. The lowest BCUT2D eigenvalue weighted by Crippen LogP contribution is -2.39. The minimum Gasteiger partial charge on any atom is -0.290 e. The van der Waals surface area contributed by atoms with Crippen LogP contribution in [-0.2, 0) is 18.1 Å². The molecule has 0 aliphatic carbocycles. The van der Waals surface area contributed by atoms with Crippen molar-refractivity contribution in [3.8, 4) is 0 Å². The molecule has 10 heteroatoms. The summed E-state index contributed by atoms with van der Waals surface area (Å²) in [7, 11) is -3.84. The van der Waals surface area contributed by atoms with Crippen LogP contribution in [0.4, 0.5) is 22.0 Å². The largest absolute Gasteiger partial charge is 0.477 e. The molecular weight excluding hydrogens is 274 g/mol. The van der Waals surface area contributed by atoms with Gasteiger partial charge in [-0.25, -0.2) is 22.3 Å². The summed E-state index contributed by atoms with van der Waals surface area (Å²) in [6, 6.07) is 0. The molecule has 0 aliphatic heterocycles. The van der Waals surface area contributed by atoms with E-state index in [4.69, 9.17) is 0 Å². The number of phosphoric ester groups is 1. The smallest absolute Gasteiger partial charge is 0.290 e. The van der Waals surface area contributed by atoms with E-state index >= 15 is 0 Å². The van der Waals surface area contributed by atoms with E-state index in [1.54, 1.807) is 6.92 Å². The molecule has 2 atom stereocenters. The van der Waals surface area contributed by atoms with Gasteiger partial charge in [0.1, 0.15) is 0 Å². The highest BCUT2D eigenvalue weighted by atomic mass is 31.2. The summed E-state index contributed by atoms with van der Waals surface area (Å²) in [5.74, 6) is -5.09. The Morgan fingerprint density at radius 3 is 2.18 bits per heavy atom. The van der Waals surface area contributed by atoms with E-state index in [1.807, 2.05) is 0 Å². The van der Waals surface area contributed by atoms with Gasteiger partial charge in [0.25, 0.3) is 6.36 Å². The van der Waals surface area contributed by atoms with Crippen molar-refractivity contribution in [1.82, 2.24) is 0 Å². The fourth-order valence-electron chi connectivity index (χ4n) is 0.612. The second kappa shape index (κ2) is 6.63. The Morgan fingerprint density at radius 1 is 1.29 bits per heavy atom. The third-order valence-corrected chi connectivity index (χ3v) is 2.88. The van der Waals surface area contributed by atoms with Crippen molar-refractivity contribution in [3.05, 3.63) is 0 Å². The van der Waals surface area contributed by atoms with E-state index in [-0.39, 0.29) is 6.61 Å². The molecule has 2 unspecified atom stereocenters. The molecule has 0 heterocycles. The molecule has 0 aromatic rings. The summed E-state index contributed by atoms with van der Waals surface area (Å²) in [5.41, 5.74) is 0. The summed E-state index contributed by atoms with van der Waals surface area (Å²) in [4.78, 5) is 0. The highest BCUT2D eigenvalue weighted by Crippen LogP contribution is 2.52.